The number of nitrogens with one attached hydrogen (secondary N) is 2. The predicted octanol–water partition coefficient (Wildman–Crippen LogP) is 3.28. The first-order valence-corrected chi connectivity index (χ1v) is 12.9. The van der Waals surface area contributed by atoms with Gasteiger partial charge in [0.15, 0.2) is 5.96 Å². The Balaban J connectivity index is 1.58. The van der Waals surface area contributed by atoms with Crippen LogP contribution in [0.5, 0.6) is 0 Å². The van der Waals surface area contributed by atoms with Crippen LogP contribution in [0.25, 0.3) is 0 Å². The van der Waals surface area contributed by atoms with Gasteiger partial charge in [0.25, 0.3) is 10.0 Å². The molecule has 2 N–H and O–H groups in total. The number of hydrogen-bond acceptors (Lipinski definition) is 5. The van der Waals surface area contributed by atoms with E-state index in [1.165, 1.54) is 16.2 Å². The van der Waals surface area contributed by atoms with Crippen molar-refractivity contribution >= 4 is 38.7 Å². The Morgan fingerprint density at radius 3 is 2.68 bits per heavy atom. The Kier molecular flexibility index (Phi) is 7.90. The molecule has 0 aliphatic carbocycles. The van der Waals surface area contributed by atoms with Gasteiger partial charge in [-0.25, -0.2) is 13.4 Å². The van der Waals surface area contributed by atoms with E-state index in [1.54, 1.807) is 21.7 Å². The molecule has 1 aliphatic rings. The minimum atomic E-state index is -3.36. The maximum atomic E-state index is 12.8. The molecule has 6 nitrogen and oxygen atoms in total. The van der Waals surface area contributed by atoms with Crippen molar-refractivity contribution in [2.45, 2.75) is 43.4 Å². The fraction of sp³-hybridized carbons (Fsp3) is 0.526. The fourth-order valence-corrected chi connectivity index (χ4v) is 6.73. The van der Waals surface area contributed by atoms with Gasteiger partial charge in [0.2, 0.25) is 0 Å². The summed E-state index contributed by atoms with van der Waals surface area (Å²) in [4.78, 5) is 6.90. The number of nitrogens with zero attached hydrogens (tertiary/aromatic N) is 2. The number of sulfonamides is 1. The Hall–Kier alpha value is -1.42. The molecule has 0 spiro atoms. The normalized spacial score (nSPS) is 16.2. The SMILES string of the molecule is CCNC(=NCc1ccc(S(=O)(=O)N2CCCCC2)s1)NCCc1cccs1. The van der Waals surface area contributed by atoms with Crippen LogP contribution in [-0.4, -0.2) is 44.9 Å². The molecule has 0 radical (unpaired) electrons. The van der Waals surface area contributed by atoms with Gasteiger partial charge in [-0.05, 0) is 49.8 Å². The molecule has 3 rings (SSSR count). The van der Waals surface area contributed by atoms with E-state index in [0.717, 1.165) is 49.6 Å². The van der Waals surface area contributed by atoms with E-state index in [-0.39, 0.29) is 0 Å². The summed E-state index contributed by atoms with van der Waals surface area (Å²) in [6, 6.07) is 7.79. The topological polar surface area (TPSA) is 73.8 Å². The second kappa shape index (κ2) is 10.4. The van der Waals surface area contributed by atoms with E-state index in [2.05, 4.69) is 33.1 Å². The van der Waals surface area contributed by atoms with E-state index in [1.807, 2.05) is 13.0 Å². The summed E-state index contributed by atoms with van der Waals surface area (Å²) in [6.45, 7) is 5.35. The number of aliphatic imine (C=N–C) groups is 1. The zero-order valence-electron chi connectivity index (χ0n) is 16.2. The first-order chi connectivity index (χ1) is 13.6. The number of rotatable bonds is 8. The molecule has 2 aromatic rings. The van der Waals surface area contributed by atoms with Crippen molar-refractivity contribution in [1.82, 2.24) is 14.9 Å². The standard InChI is InChI=1S/C19H28N4O2S3/c1-2-20-19(21-11-10-16-7-6-14-26-16)22-15-17-8-9-18(27-17)28(24,25)23-12-4-3-5-13-23/h6-9,14H,2-5,10-13,15H2,1H3,(H2,20,21,22). The van der Waals surface area contributed by atoms with E-state index in [4.69, 9.17) is 0 Å². The first-order valence-electron chi connectivity index (χ1n) is 9.73. The molecule has 0 unspecified atom stereocenters. The van der Waals surface area contributed by atoms with Crippen LogP contribution in [0.4, 0.5) is 0 Å². The van der Waals surface area contributed by atoms with Crippen molar-refractivity contribution in [3.63, 3.8) is 0 Å². The fourth-order valence-electron chi connectivity index (χ4n) is 3.07. The Bertz CT molecular complexity index is 854. The lowest BCUT2D eigenvalue weighted by atomic mass is 10.2. The Labute approximate surface area is 175 Å². The van der Waals surface area contributed by atoms with Crippen LogP contribution in [-0.2, 0) is 23.0 Å². The molecule has 1 saturated heterocycles. The highest BCUT2D eigenvalue weighted by Crippen LogP contribution is 2.27. The average Bonchev–Trinajstić information content (AvgIpc) is 3.39. The van der Waals surface area contributed by atoms with Gasteiger partial charge in [0, 0.05) is 35.9 Å². The van der Waals surface area contributed by atoms with Crippen LogP contribution in [0, 0.1) is 0 Å². The number of piperidine rings is 1. The number of thiophene rings is 2. The smallest absolute Gasteiger partial charge is 0.252 e. The van der Waals surface area contributed by atoms with E-state index in [0.29, 0.717) is 23.8 Å². The summed E-state index contributed by atoms with van der Waals surface area (Å²) in [5.74, 6) is 0.757. The van der Waals surface area contributed by atoms with E-state index >= 15 is 0 Å². The highest BCUT2D eigenvalue weighted by molar-refractivity contribution is 7.91. The zero-order valence-corrected chi connectivity index (χ0v) is 18.6. The molecule has 2 aromatic heterocycles. The lowest BCUT2D eigenvalue weighted by molar-refractivity contribution is 0.347. The Morgan fingerprint density at radius 2 is 1.96 bits per heavy atom. The molecule has 0 aromatic carbocycles. The molecule has 1 fully saturated rings. The molecule has 0 atom stereocenters. The molecule has 3 heterocycles. The van der Waals surface area contributed by atoms with Crippen LogP contribution in [0.1, 0.15) is 35.9 Å². The summed E-state index contributed by atoms with van der Waals surface area (Å²) in [6.07, 6.45) is 3.97. The van der Waals surface area contributed by atoms with Gasteiger partial charge in [0.1, 0.15) is 4.21 Å². The third kappa shape index (κ3) is 5.79. The molecular weight excluding hydrogens is 412 g/mol. The second-order valence-electron chi connectivity index (χ2n) is 6.64. The van der Waals surface area contributed by atoms with E-state index in [9.17, 15) is 8.42 Å². The lowest BCUT2D eigenvalue weighted by Crippen LogP contribution is -2.38. The molecule has 1 aliphatic heterocycles. The summed E-state index contributed by atoms with van der Waals surface area (Å²) in [7, 11) is -3.36. The minimum absolute atomic E-state index is 0.426. The quantitative estimate of drug-likeness (QED) is 0.488. The lowest BCUT2D eigenvalue weighted by Gasteiger charge is -2.25. The highest BCUT2D eigenvalue weighted by Gasteiger charge is 2.27. The molecule has 0 bridgehead atoms. The van der Waals surface area contributed by atoms with E-state index < -0.39 is 10.0 Å². The van der Waals surface area contributed by atoms with Gasteiger partial charge >= 0.3 is 0 Å². The maximum absolute atomic E-state index is 12.8. The van der Waals surface area contributed by atoms with Crippen LogP contribution < -0.4 is 10.6 Å². The minimum Gasteiger partial charge on any atom is -0.357 e. The first kappa shape index (κ1) is 21.3. The molecule has 28 heavy (non-hydrogen) atoms. The number of guanidine groups is 1. The summed E-state index contributed by atoms with van der Waals surface area (Å²) >= 11 is 3.08. The van der Waals surface area contributed by atoms with Crippen molar-refractivity contribution in [2.24, 2.45) is 4.99 Å². The highest BCUT2D eigenvalue weighted by atomic mass is 32.2. The molecule has 0 saturated carbocycles. The third-order valence-electron chi connectivity index (χ3n) is 4.53. The second-order valence-corrected chi connectivity index (χ2v) is 11.0. The third-order valence-corrected chi connectivity index (χ3v) is 8.90. The van der Waals surface area contributed by atoms with Gasteiger partial charge in [0.05, 0.1) is 6.54 Å². The van der Waals surface area contributed by atoms with Crippen LogP contribution in [0.15, 0.2) is 38.8 Å². The van der Waals surface area contributed by atoms with Crippen molar-refractivity contribution in [2.75, 3.05) is 26.2 Å². The monoisotopic (exact) mass is 440 g/mol. The van der Waals surface area contributed by atoms with Crippen molar-refractivity contribution in [1.29, 1.82) is 0 Å². The van der Waals surface area contributed by atoms with Crippen molar-refractivity contribution in [3.8, 4) is 0 Å². The average molecular weight is 441 g/mol. The summed E-state index contributed by atoms with van der Waals surface area (Å²) < 4.78 is 27.6. The van der Waals surface area contributed by atoms with Crippen molar-refractivity contribution < 1.29 is 8.42 Å². The van der Waals surface area contributed by atoms with Gasteiger partial charge in [-0.15, -0.1) is 22.7 Å². The van der Waals surface area contributed by atoms with Gasteiger partial charge in [-0.1, -0.05) is 12.5 Å². The molecule has 0 amide bonds. The van der Waals surface area contributed by atoms with Gasteiger partial charge in [-0.2, -0.15) is 4.31 Å². The molecule has 9 heteroatoms. The van der Waals surface area contributed by atoms with Crippen molar-refractivity contribution in [3.05, 3.63) is 39.4 Å². The van der Waals surface area contributed by atoms with Gasteiger partial charge in [-0.3, -0.25) is 0 Å². The van der Waals surface area contributed by atoms with Gasteiger partial charge < -0.3 is 10.6 Å². The van der Waals surface area contributed by atoms with Crippen LogP contribution in [0.3, 0.4) is 0 Å². The largest absolute Gasteiger partial charge is 0.357 e. The summed E-state index contributed by atoms with van der Waals surface area (Å²) in [5.41, 5.74) is 0. The van der Waals surface area contributed by atoms with Crippen LogP contribution in [0.2, 0.25) is 0 Å². The van der Waals surface area contributed by atoms with Crippen LogP contribution >= 0.6 is 22.7 Å². The zero-order chi connectivity index (χ0) is 19.8. The molecular formula is C19H28N4O2S3. The predicted molar refractivity (Wildman–Crippen MR) is 118 cm³/mol. The Morgan fingerprint density at radius 1 is 1.14 bits per heavy atom. The maximum Gasteiger partial charge on any atom is 0.252 e. The number of hydrogen-bond donors (Lipinski definition) is 2. The summed E-state index contributed by atoms with van der Waals surface area (Å²) in [5, 5.41) is 8.67. The molecule has 154 valence electrons.